The molecule has 2 saturated heterocycles. The fraction of sp³-hybridized carbons (Fsp3) is 0.451. The van der Waals surface area contributed by atoms with E-state index in [1.807, 2.05) is 41.3 Å². The van der Waals surface area contributed by atoms with Crippen LogP contribution in [0.1, 0.15) is 74.7 Å². The number of H-pyrrole nitrogens is 1. The van der Waals surface area contributed by atoms with Crippen LogP contribution in [0.3, 0.4) is 0 Å². The largest absolute Gasteiger partial charge is 0.474 e. The first kappa shape index (κ1) is 47.0. The Labute approximate surface area is 408 Å². The SMILES string of the molecule is CC1(C)CCC(CN2CCN(c3ccc(C(=O)NS(=O)(=O)c4ccc(NC5CCC(N6CCOCC6)CC5)c([N+](=O)[O-])c4)c(N4CCOc5nc6[nH]ccc6cc54)c3)CC2)=C(c2ccc(Cl)cc2)C1. The summed E-state index contributed by atoms with van der Waals surface area (Å²) >= 11 is 6.28. The number of piperazine rings is 1. The van der Waals surface area contributed by atoms with Gasteiger partial charge in [-0.3, -0.25) is 24.7 Å². The van der Waals surface area contributed by atoms with E-state index in [9.17, 15) is 23.3 Å². The molecule has 5 aromatic rings. The normalized spacial score (nSPS) is 21.4. The minimum Gasteiger partial charge on any atom is -0.474 e. The molecule has 5 aliphatic rings. The maximum Gasteiger partial charge on any atom is 0.293 e. The lowest BCUT2D eigenvalue weighted by Crippen LogP contribution is -2.47. The van der Waals surface area contributed by atoms with Gasteiger partial charge in [0.05, 0.1) is 40.8 Å². The number of nitrogens with one attached hydrogen (secondary N) is 3. The van der Waals surface area contributed by atoms with Crippen molar-refractivity contribution in [3.05, 3.63) is 111 Å². The zero-order valence-electron chi connectivity index (χ0n) is 39.2. The molecule has 3 aliphatic heterocycles. The first-order valence-corrected chi connectivity index (χ1v) is 26.0. The van der Waals surface area contributed by atoms with Gasteiger partial charge in [0.2, 0.25) is 5.88 Å². The van der Waals surface area contributed by atoms with Gasteiger partial charge in [0, 0.05) is 86.3 Å². The third-order valence-corrected chi connectivity index (χ3v) is 16.3. The van der Waals surface area contributed by atoms with Crippen molar-refractivity contribution >= 4 is 72.6 Å². The van der Waals surface area contributed by atoms with Crippen LogP contribution < -0.4 is 24.6 Å². The number of carbonyl (C=O) groups excluding carboxylic acids is 1. The Hall–Kier alpha value is -5.72. The van der Waals surface area contributed by atoms with E-state index in [4.69, 9.17) is 26.1 Å². The van der Waals surface area contributed by atoms with Gasteiger partial charge in [-0.15, -0.1) is 0 Å². The smallest absolute Gasteiger partial charge is 0.293 e. The molecule has 2 aliphatic carbocycles. The van der Waals surface area contributed by atoms with Gasteiger partial charge in [0.25, 0.3) is 21.6 Å². The van der Waals surface area contributed by atoms with Gasteiger partial charge < -0.3 is 29.6 Å². The van der Waals surface area contributed by atoms with E-state index in [1.165, 1.54) is 28.8 Å². The van der Waals surface area contributed by atoms with Crippen LogP contribution in [0.2, 0.25) is 5.02 Å². The quantitative estimate of drug-likeness (QED) is 0.0801. The highest BCUT2D eigenvalue weighted by Gasteiger charge is 2.33. The standard InChI is InChI=1S/C51H60ClN9O7S/c1-51(2)17-15-36(43(32-51)34-3-5-37(52)6-4-34)33-57-19-21-58(22-20-57)40-11-13-42(45(30-40)60-25-28-68-50-47(60)29-35-16-18-53-48(35)55-50)49(62)56-69(65,66)41-12-14-44(46(31-41)61(63)64)54-38-7-9-39(10-8-38)59-23-26-67-27-24-59/h3-6,11-14,16,18,29-31,38-39,54H,7-10,15,17,19-28,32-33H2,1-2H3,(H,53,55)(H,56,62). The number of aromatic amines is 1. The molecule has 0 bridgehead atoms. The van der Waals surface area contributed by atoms with Crippen LogP contribution in [0, 0.1) is 15.5 Å². The molecular weight excluding hydrogens is 918 g/mol. The number of fused-ring (bicyclic) bond motifs is 2. The number of ether oxygens (including phenoxy) is 2. The topological polar surface area (TPSA) is 179 Å². The second-order valence-corrected chi connectivity index (χ2v) is 21.9. The lowest BCUT2D eigenvalue weighted by Gasteiger charge is -2.39. The first-order chi connectivity index (χ1) is 33.3. The van der Waals surface area contributed by atoms with Crippen molar-refractivity contribution in [3.8, 4) is 5.88 Å². The van der Waals surface area contributed by atoms with Crippen LogP contribution in [-0.4, -0.2) is 123 Å². The molecule has 0 atom stereocenters. The van der Waals surface area contributed by atoms with Crippen molar-refractivity contribution in [2.24, 2.45) is 5.41 Å². The van der Waals surface area contributed by atoms with Crippen LogP contribution in [0.25, 0.3) is 16.6 Å². The summed E-state index contributed by atoms with van der Waals surface area (Å²) in [5.74, 6) is -0.480. The summed E-state index contributed by atoms with van der Waals surface area (Å²) in [4.78, 5) is 42.9. The molecule has 18 heteroatoms. The number of allylic oxidation sites excluding steroid dienone is 1. The first-order valence-electron chi connectivity index (χ1n) is 24.2. The Kier molecular flexibility index (Phi) is 13.3. The van der Waals surface area contributed by atoms with E-state index in [-0.39, 0.29) is 39.9 Å². The number of anilines is 4. The van der Waals surface area contributed by atoms with Crippen LogP contribution in [0.4, 0.5) is 28.4 Å². The van der Waals surface area contributed by atoms with Crippen molar-refractivity contribution < 1.29 is 27.6 Å². The fourth-order valence-electron chi connectivity index (χ4n) is 10.8. The van der Waals surface area contributed by atoms with E-state index in [1.54, 1.807) is 12.3 Å². The Morgan fingerprint density at radius 3 is 2.43 bits per heavy atom. The molecule has 364 valence electrons. The second kappa shape index (κ2) is 19.6. The number of benzene rings is 3. The molecule has 0 spiro atoms. The number of hydrogen-bond acceptors (Lipinski definition) is 13. The van der Waals surface area contributed by atoms with Gasteiger partial charge in [-0.2, -0.15) is 4.98 Å². The van der Waals surface area contributed by atoms with Crippen molar-refractivity contribution in [3.63, 3.8) is 0 Å². The third-order valence-electron chi connectivity index (χ3n) is 14.7. The number of halogens is 1. The summed E-state index contributed by atoms with van der Waals surface area (Å²) in [6, 6.07) is 21.8. The van der Waals surface area contributed by atoms with Gasteiger partial charge in [-0.05, 0) is 116 Å². The molecule has 1 amide bonds. The number of nitro groups is 1. The van der Waals surface area contributed by atoms with Crippen LogP contribution in [0.15, 0.2) is 89.5 Å². The predicted molar refractivity (Wildman–Crippen MR) is 270 cm³/mol. The van der Waals surface area contributed by atoms with E-state index in [2.05, 4.69) is 55.7 Å². The molecule has 3 aromatic carbocycles. The zero-order chi connectivity index (χ0) is 47.9. The number of aromatic nitrogens is 2. The molecule has 10 rings (SSSR count). The lowest BCUT2D eigenvalue weighted by atomic mass is 9.72. The van der Waals surface area contributed by atoms with Crippen molar-refractivity contribution in [2.75, 3.05) is 87.3 Å². The number of nitro benzene ring substituents is 1. The summed E-state index contributed by atoms with van der Waals surface area (Å²) in [7, 11) is -4.57. The lowest BCUT2D eigenvalue weighted by molar-refractivity contribution is -0.384. The molecule has 0 unspecified atom stereocenters. The highest BCUT2D eigenvalue weighted by molar-refractivity contribution is 7.90. The number of nitrogens with zero attached hydrogens (tertiary/aromatic N) is 6. The number of amides is 1. The molecule has 3 fully saturated rings. The number of hydrogen-bond donors (Lipinski definition) is 3. The number of rotatable bonds is 12. The Balaban J connectivity index is 0.883. The molecule has 69 heavy (non-hydrogen) atoms. The number of carbonyl (C=O) groups is 1. The van der Waals surface area contributed by atoms with Crippen molar-refractivity contribution in [2.45, 2.75) is 75.8 Å². The highest BCUT2D eigenvalue weighted by atomic mass is 35.5. The molecule has 3 N–H and O–H groups in total. The second-order valence-electron chi connectivity index (χ2n) is 19.8. The maximum atomic E-state index is 14.4. The van der Waals surface area contributed by atoms with Crippen molar-refractivity contribution in [1.29, 1.82) is 0 Å². The van der Waals surface area contributed by atoms with E-state index in [0.717, 1.165) is 126 Å². The number of pyridine rings is 1. The molecule has 2 aromatic heterocycles. The van der Waals surface area contributed by atoms with Crippen molar-refractivity contribution in [1.82, 2.24) is 24.5 Å². The predicted octanol–water partition coefficient (Wildman–Crippen LogP) is 8.61. The summed E-state index contributed by atoms with van der Waals surface area (Å²) in [5.41, 5.74) is 7.02. The summed E-state index contributed by atoms with van der Waals surface area (Å²) in [6.07, 6.45) is 8.58. The molecule has 16 nitrogen and oxygen atoms in total. The van der Waals surface area contributed by atoms with E-state index >= 15 is 0 Å². The molecule has 0 radical (unpaired) electrons. The highest BCUT2D eigenvalue weighted by Crippen LogP contribution is 2.44. The zero-order valence-corrected chi connectivity index (χ0v) is 40.8. The summed E-state index contributed by atoms with van der Waals surface area (Å²) in [6.45, 7) is 12.7. The molecular formula is C51H60ClN9O7S. The molecule has 1 saturated carbocycles. The number of morpholine rings is 1. The number of sulfonamides is 1. The van der Waals surface area contributed by atoms with E-state index in [0.29, 0.717) is 35.5 Å². The van der Waals surface area contributed by atoms with Gasteiger partial charge in [-0.25, -0.2) is 13.1 Å². The Morgan fingerprint density at radius 2 is 1.68 bits per heavy atom. The van der Waals surface area contributed by atoms with Gasteiger partial charge >= 0.3 is 0 Å². The average molecular weight is 979 g/mol. The monoisotopic (exact) mass is 977 g/mol. The van der Waals surface area contributed by atoms with Gasteiger partial charge in [0.15, 0.2) is 0 Å². The fourth-order valence-corrected chi connectivity index (χ4v) is 11.9. The third kappa shape index (κ3) is 10.3. The summed E-state index contributed by atoms with van der Waals surface area (Å²) in [5, 5.41) is 17.3. The Bertz CT molecular complexity index is 2870. The maximum absolute atomic E-state index is 14.4. The Morgan fingerprint density at radius 1 is 0.913 bits per heavy atom. The minimum atomic E-state index is -4.57. The average Bonchev–Trinajstić information content (AvgIpc) is 3.82. The van der Waals surface area contributed by atoms with E-state index < -0.39 is 20.9 Å². The van der Waals surface area contributed by atoms with Crippen LogP contribution in [-0.2, 0) is 14.8 Å². The van der Waals surface area contributed by atoms with Gasteiger partial charge in [0.1, 0.15) is 23.6 Å². The van der Waals surface area contributed by atoms with Crippen LogP contribution >= 0.6 is 11.6 Å². The molecule has 5 heterocycles. The van der Waals surface area contributed by atoms with Crippen LogP contribution in [0.5, 0.6) is 5.88 Å². The minimum absolute atomic E-state index is 0.00303. The summed E-state index contributed by atoms with van der Waals surface area (Å²) < 4.78 is 41.9. The van der Waals surface area contributed by atoms with Gasteiger partial charge in [-0.1, -0.05) is 43.2 Å².